The van der Waals surface area contributed by atoms with Crippen LogP contribution in [0.3, 0.4) is 0 Å². The summed E-state index contributed by atoms with van der Waals surface area (Å²) in [5.74, 6) is -0.278. The van der Waals surface area contributed by atoms with Crippen LogP contribution < -0.4 is 5.32 Å². The molecule has 2 aromatic rings. The van der Waals surface area contributed by atoms with E-state index in [-0.39, 0.29) is 12.3 Å². The summed E-state index contributed by atoms with van der Waals surface area (Å²) >= 11 is 1.25. The van der Waals surface area contributed by atoms with E-state index >= 15 is 0 Å². The van der Waals surface area contributed by atoms with Crippen LogP contribution in [0.25, 0.3) is 11.3 Å². The van der Waals surface area contributed by atoms with Gasteiger partial charge in [0.05, 0.1) is 12.1 Å². The van der Waals surface area contributed by atoms with Crippen molar-refractivity contribution < 1.29 is 14.7 Å². The number of carbonyl (C=O) groups excluding carboxylic acids is 1. The van der Waals surface area contributed by atoms with Gasteiger partial charge in [0.15, 0.2) is 5.13 Å². The number of rotatable bonds is 7. The zero-order valence-corrected chi connectivity index (χ0v) is 15.6. The molecule has 26 heavy (non-hydrogen) atoms. The van der Waals surface area contributed by atoms with E-state index in [1.807, 2.05) is 30.3 Å². The largest absolute Gasteiger partial charge is 0.481 e. The Labute approximate surface area is 157 Å². The van der Waals surface area contributed by atoms with Gasteiger partial charge in [0.2, 0.25) is 5.91 Å². The Kier molecular flexibility index (Phi) is 6.39. The lowest BCUT2D eigenvalue weighted by atomic mass is 9.86. The number of benzene rings is 1. The van der Waals surface area contributed by atoms with Crippen molar-refractivity contribution in [2.75, 3.05) is 5.32 Å². The fourth-order valence-electron chi connectivity index (χ4n) is 3.48. The zero-order valence-electron chi connectivity index (χ0n) is 14.7. The average Bonchev–Trinajstić information content (AvgIpc) is 3.03. The second-order valence-corrected chi connectivity index (χ2v) is 7.90. The molecular weight excluding hydrogens is 348 g/mol. The molecule has 138 valence electrons. The molecule has 0 saturated heterocycles. The van der Waals surface area contributed by atoms with Crippen molar-refractivity contribution in [2.24, 2.45) is 5.92 Å². The highest BCUT2D eigenvalue weighted by Crippen LogP contribution is 2.32. The van der Waals surface area contributed by atoms with Crippen molar-refractivity contribution >= 4 is 28.3 Å². The molecule has 1 fully saturated rings. The summed E-state index contributed by atoms with van der Waals surface area (Å²) in [5.41, 5.74) is 1.50. The molecule has 1 aromatic carbocycles. The van der Waals surface area contributed by atoms with Crippen molar-refractivity contribution in [3.8, 4) is 11.3 Å². The zero-order chi connectivity index (χ0) is 18.4. The Morgan fingerprint density at radius 1 is 1.15 bits per heavy atom. The maximum Gasteiger partial charge on any atom is 0.308 e. The van der Waals surface area contributed by atoms with Gasteiger partial charge < -0.3 is 10.4 Å². The predicted molar refractivity (Wildman–Crippen MR) is 103 cm³/mol. The Balaban J connectivity index is 1.66. The number of thiazole rings is 1. The van der Waals surface area contributed by atoms with Gasteiger partial charge >= 0.3 is 5.97 Å². The minimum atomic E-state index is -0.902. The lowest BCUT2D eigenvalue weighted by molar-refractivity contribution is -0.136. The summed E-state index contributed by atoms with van der Waals surface area (Å²) in [4.78, 5) is 28.6. The average molecular weight is 372 g/mol. The van der Waals surface area contributed by atoms with E-state index in [1.54, 1.807) is 0 Å². The molecule has 6 heteroatoms. The molecule has 0 bridgehead atoms. The summed E-state index contributed by atoms with van der Waals surface area (Å²) in [6.45, 7) is 0. The van der Waals surface area contributed by atoms with E-state index in [1.165, 1.54) is 43.4 Å². The Morgan fingerprint density at radius 3 is 2.58 bits per heavy atom. The molecule has 0 spiro atoms. The van der Waals surface area contributed by atoms with E-state index < -0.39 is 5.97 Å². The molecule has 0 unspecified atom stereocenters. The number of anilines is 1. The topological polar surface area (TPSA) is 79.3 Å². The number of amides is 1. The molecule has 1 aliphatic rings. The van der Waals surface area contributed by atoms with Crippen LogP contribution in [0.1, 0.15) is 49.8 Å². The van der Waals surface area contributed by atoms with Crippen molar-refractivity contribution in [2.45, 2.75) is 51.4 Å². The maximum atomic E-state index is 12.3. The van der Waals surface area contributed by atoms with Gasteiger partial charge in [-0.2, -0.15) is 0 Å². The monoisotopic (exact) mass is 372 g/mol. The van der Waals surface area contributed by atoms with E-state index in [0.717, 1.165) is 12.0 Å². The summed E-state index contributed by atoms with van der Waals surface area (Å²) in [7, 11) is 0. The van der Waals surface area contributed by atoms with Crippen LogP contribution in [0.5, 0.6) is 0 Å². The third kappa shape index (κ3) is 5.14. The molecule has 0 aliphatic heterocycles. The molecule has 0 atom stereocenters. The first-order valence-corrected chi connectivity index (χ1v) is 10.00. The quantitative estimate of drug-likeness (QED) is 0.736. The SMILES string of the molecule is O=C(O)Cc1sc(NC(=O)CCC2CCCCC2)nc1-c1ccccc1. The van der Waals surface area contributed by atoms with Gasteiger partial charge in [0.25, 0.3) is 0 Å². The highest BCUT2D eigenvalue weighted by Gasteiger charge is 2.18. The first-order chi connectivity index (χ1) is 12.6. The van der Waals surface area contributed by atoms with Crippen molar-refractivity contribution in [1.82, 2.24) is 4.98 Å². The first kappa shape index (κ1) is 18.6. The Morgan fingerprint density at radius 2 is 1.88 bits per heavy atom. The molecule has 1 amide bonds. The van der Waals surface area contributed by atoms with Crippen LogP contribution >= 0.6 is 11.3 Å². The number of nitrogens with zero attached hydrogens (tertiary/aromatic N) is 1. The van der Waals surface area contributed by atoms with Crippen LogP contribution in [0, 0.1) is 5.92 Å². The van der Waals surface area contributed by atoms with Crippen molar-refractivity contribution in [1.29, 1.82) is 0 Å². The summed E-state index contributed by atoms with van der Waals surface area (Å²) in [6, 6.07) is 9.48. The number of aliphatic carboxylic acids is 1. The van der Waals surface area contributed by atoms with E-state index in [0.29, 0.717) is 28.0 Å². The molecule has 1 aliphatic carbocycles. The molecule has 2 N–H and O–H groups in total. The third-order valence-electron chi connectivity index (χ3n) is 4.81. The lowest BCUT2D eigenvalue weighted by Gasteiger charge is -2.20. The molecular formula is C20H24N2O3S. The number of hydrogen-bond acceptors (Lipinski definition) is 4. The number of carboxylic acid groups (broad SMARTS) is 1. The maximum absolute atomic E-state index is 12.3. The Hall–Kier alpha value is -2.21. The number of aromatic nitrogens is 1. The van der Waals surface area contributed by atoms with Crippen LogP contribution in [0.2, 0.25) is 0 Å². The van der Waals surface area contributed by atoms with Crippen molar-refractivity contribution in [3.63, 3.8) is 0 Å². The second-order valence-electron chi connectivity index (χ2n) is 6.82. The number of hydrogen-bond donors (Lipinski definition) is 2. The highest BCUT2D eigenvalue weighted by molar-refractivity contribution is 7.16. The smallest absolute Gasteiger partial charge is 0.308 e. The van der Waals surface area contributed by atoms with Gasteiger partial charge in [-0.05, 0) is 12.3 Å². The van der Waals surface area contributed by atoms with E-state index in [2.05, 4.69) is 10.3 Å². The lowest BCUT2D eigenvalue weighted by Crippen LogP contribution is -2.14. The molecule has 1 heterocycles. The normalized spacial score (nSPS) is 14.9. The number of carbonyl (C=O) groups is 2. The van der Waals surface area contributed by atoms with Gasteiger partial charge in [-0.1, -0.05) is 62.4 Å². The predicted octanol–water partition coefficient (Wildman–Crippen LogP) is 4.74. The minimum absolute atomic E-state index is 0.0363. The third-order valence-corrected chi connectivity index (χ3v) is 5.78. The van der Waals surface area contributed by atoms with Crippen LogP contribution in [0.4, 0.5) is 5.13 Å². The van der Waals surface area contributed by atoms with Crippen LogP contribution in [0.15, 0.2) is 30.3 Å². The van der Waals surface area contributed by atoms with E-state index in [9.17, 15) is 9.59 Å². The van der Waals surface area contributed by atoms with Gasteiger partial charge in [-0.15, -0.1) is 11.3 Å². The second kappa shape index (κ2) is 8.94. The summed E-state index contributed by atoms with van der Waals surface area (Å²) in [5, 5.41) is 12.5. The molecule has 5 nitrogen and oxygen atoms in total. The van der Waals surface area contributed by atoms with Gasteiger partial charge in [0.1, 0.15) is 0 Å². The fourth-order valence-corrected chi connectivity index (χ4v) is 4.47. The molecule has 1 saturated carbocycles. The van der Waals surface area contributed by atoms with Crippen LogP contribution in [-0.2, 0) is 16.0 Å². The number of carboxylic acids is 1. The van der Waals surface area contributed by atoms with Crippen molar-refractivity contribution in [3.05, 3.63) is 35.2 Å². The van der Waals surface area contributed by atoms with Gasteiger partial charge in [-0.3, -0.25) is 9.59 Å². The van der Waals surface area contributed by atoms with Gasteiger partial charge in [0, 0.05) is 16.9 Å². The fraction of sp³-hybridized carbons (Fsp3) is 0.450. The van der Waals surface area contributed by atoms with Crippen LogP contribution in [-0.4, -0.2) is 22.0 Å². The molecule has 1 aromatic heterocycles. The van der Waals surface area contributed by atoms with Gasteiger partial charge in [-0.25, -0.2) is 4.98 Å². The summed E-state index contributed by atoms with van der Waals surface area (Å²) in [6.07, 6.45) is 7.65. The molecule has 0 radical (unpaired) electrons. The summed E-state index contributed by atoms with van der Waals surface area (Å²) < 4.78 is 0. The number of nitrogens with one attached hydrogen (secondary N) is 1. The minimum Gasteiger partial charge on any atom is -0.481 e. The highest BCUT2D eigenvalue weighted by atomic mass is 32.1. The molecule has 3 rings (SSSR count). The standard InChI is InChI=1S/C20H24N2O3S/c23-17(12-11-14-7-3-1-4-8-14)21-20-22-19(15-9-5-2-6-10-15)16(26-20)13-18(24)25/h2,5-6,9-10,14H,1,3-4,7-8,11-13H2,(H,24,25)(H,21,22,23). The Bertz CT molecular complexity index is 752. The van der Waals surface area contributed by atoms with E-state index in [4.69, 9.17) is 5.11 Å². The first-order valence-electron chi connectivity index (χ1n) is 9.18.